The Kier molecular flexibility index (Phi) is 4.48. The number of hydrogen-bond acceptors (Lipinski definition) is 2. The van der Waals surface area contributed by atoms with Crippen LogP contribution in [0.15, 0.2) is 0 Å². The molecule has 4 atom stereocenters. The first-order valence-electron chi connectivity index (χ1n) is 7.54. The van der Waals surface area contributed by atoms with Crippen LogP contribution >= 0.6 is 0 Å². The van der Waals surface area contributed by atoms with Crippen molar-refractivity contribution in [1.29, 1.82) is 0 Å². The molecule has 0 bridgehead atoms. The molecule has 2 fully saturated rings. The highest BCUT2D eigenvalue weighted by Gasteiger charge is 2.29. The van der Waals surface area contributed by atoms with E-state index in [4.69, 9.17) is 5.73 Å². The molecule has 1 aliphatic carbocycles. The van der Waals surface area contributed by atoms with Crippen molar-refractivity contribution in [2.75, 3.05) is 13.1 Å². The van der Waals surface area contributed by atoms with Gasteiger partial charge in [0.15, 0.2) is 0 Å². The summed E-state index contributed by atoms with van der Waals surface area (Å²) in [6, 6.07) is 0. The van der Waals surface area contributed by atoms with E-state index in [1.807, 2.05) is 0 Å². The van der Waals surface area contributed by atoms with Gasteiger partial charge in [-0.1, -0.05) is 20.8 Å². The van der Waals surface area contributed by atoms with Crippen LogP contribution in [-0.4, -0.2) is 24.2 Å². The molecule has 2 N–H and O–H groups in total. The second-order valence-corrected chi connectivity index (χ2v) is 6.99. The van der Waals surface area contributed by atoms with Gasteiger partial charge < -0.3 is 5.73 Å². The van der Waals surface area contributed by atoms with Crippen LogP contribution in [0.5, 0.6) is 0 Å². The zero-order valence-electron chi connectivity index (χ0n) is 11.9. The monoisotopic (exact) mass is 238 g/mol. The Morgan fingerprint density at radius 1 is 0.941 bits per heavy atom. The molecule has 2 nitrogen and oxygen atoms in total. The van der Waals surface area contributed by atoms with E-state index < -0.39 is 0 Å². The Morgan fingerprint density at radius 3 is 2.24 bits per heavy atom. The van der Waals surface area contributed by atoms with Crippen molar-refractivity contribution in [2.24, 2.45) is 29.4 Å². The third kappa shape index (κ3) is 3.69. The van der Waals surface area contributed by atoms with Gasteiger partial charge in [0.05, 0.1) is 6.17 Å². The minimum absolute atomic E-state index is 0.332. The number of nitrogens with two attached hydrogens (primary N) is 1. The molecule has 100 valence electrons. The smallest absolute Gasteiger partial charge is 0.0572 e. The molecule has 1 saturated carbocycles. The van der Waals surface area contributed by atoms with Gasteiger partial charge in [0.25, 0.3) is 0 Å². The van der Waals surface area contributed by atoms with Crippen LogP contribution in [0.25, 0.3) is 0 Å². The second-order valence-electron chi connectivity index (χ2n) is 6.99. The van der Waals surface area contributed by atoms with E-state index in [-0.39, 0.29) is 0 Å². The normalized spacial score (nSPS) is 44.8. The Hall–Kier alpha value is -0.0800. The summed E-state index contributed by atoms with van der Waals surface area (Å²) in [6.07, 6.45) is 7.11. The molecule has 2 heteroatoms. The van der Waals surface area contributed by atoms with Gasteiger partial charge in [-0.25, -0.2) is 0 Å². The first-order valence-corrected chi connectivity index (χ1v) is 7.54. The number of nitrogens with zero attached hydrogens (tertiary/aromatic N) is 1. The van der Waals surface area contributed by atoms with Crippen molar-refractivity contribution >= 4 is 0 Å². The van der Waals surface area contributed by atoms with E-state index in [2.05, 4.69) is 25.7 Å². The van der Waals surface area contributed by atoms with Gasteiger partial charge >= 0.3 is 0 Å². The predicted octanol–water partition coefficient (Wildman–Crippen LogP) is 3.08. The maximum absolute atomic E-state index is 6.25. The molecule has 1 aliphatic heterocycles. The van der Waals surface area contributed by atoms with Crippen LogP contribution in [-0.2, 0) is 0 Å². The van der Waals surface area contributed by atoms with Crippen molar-refractivity contribution < 1.29 is 0 Å². The lowest BCUT2D eigenvalue weighted by Crippen LogP contribution is -2.50. The number of rotatable bonds is 2. The standard InChI is InChI=1S/C15H30N2/c1-11-4-5-15(16)17(9-11)10-14-7-12(2)6-13(3)8-14/h11-15H,4-10,16H2,1-3H3. The SMILES string of the molecule is CC1CC(C)CC(CN2CC(C)CCC2N)C1. The van der Waals surface area contributed by atoms with E-state index in [1.165, 1.54) is 45.2 Å². The molecule has 17 heavy (non-hydrogen) atoms. The molecule has 0 aromatic heterocycles. The van der Waals surface area contributed by atoms with Crippen molar-refractivity contribution in [1.82, 2.24) is 4.90 Å². The maximum atomic E-state index is 6.25. The summed E-state index contributed by atoms with van der Waals surface area (Å²) in [5, 5.41) is 0. The Balaban J connectivity index is 1.86. The molecule has 0 aromatic rings. The highest BCUT2D eigenvalue weighted by Crippen LogP contribution is 2.34. The van der Waals surface area contributed by atoms with Crippen LogP contribution in [0.3, 0.4) is 0 Å². The summed E-state index contributed by atoms with van der Waals surface area (Å²) >= 11 is 0. The maximum Gasteiger partial charge on any atom is 0.0572 e. The molecule has 1 heterocycles. The van der Waals surface area contributed by atoms with Gasteiger partial charge in [-0.2, -0.15) is 0 Å². The van der Waals surface area contributed by atoms with Crippen molar-refractivity contribution in [2.45, 2.75) is 59.0 Å². The van der Waals surface area contributed by atoms with E-state index in [0.29, 0.717) is 6.17 Å². The quantitative estimate of drug-likeness (QED) is 0.801. The third-order valence-corrected chi connectivity index (χ3v) is 4.74. The topological polar surface area (TPSA) is 29.3 Å². The lowest BCUT2D eigenvalue weighted by molar-refractivity contribution is 0.0748. The van der Waals surface area contributed by atoms with E-state index >= 15 is 0 Å². The van der Waals surface area contributed by atoms with Gasteiger partial charge in [-0.3, -0.25) is 4.90 Å². The van der Waals surface area contributed by atoms with Crippen LogP contribution in [0.4, 0.5) is 0 Å². The first kappa shape index (κ1) is 13.4. The summed E-state index contributed by atoms with van der Waals surface area (Å²) in [5.41, 5.74) is 6.25. The average molecular weight is 238 g/mol. The molecule has 0 aromatic carbocycles. The van der Waals surface area contributed by atoms with Gasteiger partial charge in [0, 0.05) is 13.1 Å². The van der Waals surface area contributed by atoms with Gasteiger partial charge in [-0.15, -0.1) is 0 Å². The van der Waals surface area contributed by atoms with Crippen molar-refractivity contribution in [3.8, 4) is 0 Å². The van der Waals surface area contributed by atoms with Crippen LogP contribution < -0.4 is 5.73 Å². The summed E-state index contributed by atoms with van der Waals surface area (Å²) in [7, 11) is 0. The van der Waals surface area contributed by atoms with E-state index in [0.717, 1.165) is 23.7 Å². The molecule has 0 amide bonds. The third-order valence-electron chi connectivity index (χ3n) is 4.74. The summed E-state index contributed by atoms with van der Waals surface area (Å²) < 4.78 is 0. The van der Waals surface area contributed by atoms with Crippen molar-refractivity contribution in [3.05, 3.63) is 0 Å². The zero-order chi connectivity index (χ0) is 12.4. The fraction of sp³-hybridized carbons (Fsp3) is 1.00. The zero-order valence-corrected chi connectivity index (χ0v) is 11.9. The molecule has 4 unspecified atom stereocenters. The highest BCUT2D eigenvalue weighted by molar-refractivity contribution is 4.82. The van der Waals surface area contributed by atoms with Crippen LogP contribution in [0, 0.1) is 23.7 Å². The first-order chi connectivity index (χ1) is 8.04. The average Bonchev–Trinajstić information content (AvgIpc) is 2.22. The lowest BCUT2D eigenvalue weighted by Gasteiger charge is -2.41. The second kappa shape index (κ2) is 5.71. The Bertz CT molecular complexity index is 231. The highest BCUT2D eigenvalue weighted by atomic mass is 15.2. The summed E-state index contributed by atoms with van der Waals surface area (Å²) in [4.78, 5) is 2.56. The molecule has 2 aliphatic rings. The molecule has 2 rings (SSSR count). The minimum atomic E-state index is 0.332. The molecular formula is C15H30N2. The summed E-state index contributed by atoms with van der Waals surface area (Å²) in [5.74, 6) is 3.57. The van der Waals surface area contributed by atoms with Gasteiger partial charge in [-0.05, 0) is 55.8 Å². The molecule has 1 saturated heterocycles. The Labute approximate surface area is 107 Å². The van der Waals surface area contributed by atoms with E-state index in [9.17, 15) is 0 Å². The molecular weight excluding hydrogens is 208 g/mol. The van der Waals surface area contributed by atoms with Crippen molar-refractivity contribution in [3.63, 3.8) is 0 Å². The van der Waals surface area contributed by atoms with Crippen LogP contribution in [0.2, 0.25) is 0 Å². The minimum Gasteiger partial charge on any atom is -0.316 e. The molecule has 0 radical (unpaired) electrons. The molecule has 0 spiro atoms. The van der Waals surface area contributed by atoms with Gasteiger partial charge in [0.2, 0.25) is 0 Å². The lowest BCUT2D eigenvalue weighted by atomic mass is 9.76. The number of likely N-dealkylation sites (tertiary alicyclic amines) is 1. The number of piperidine rings is 1. The van der Waals surface area contributed by atoms with Gasteiger partial charge in [0.1, 0.15) is 0 Å². The fourth-order valence-corrected chi connectivity index (χ4v) is 4.07. The largest absolute Gasteiger partial charge is 0.316 e. The number of hydrogen-bond donors (Lipinski definition) is 1. The summed E-state index contributed by atoms with van der Waals surface area (Å²) in [6.45, 7) is 9.68. The van der Waals surface area contributed by atoms with E-state index in [1.54, 1.807) is 0 Å². The Morgan fingerprint density at radius 2 is 1.59 bits per heavy atom. The fourth-order valence-electron chi connectivity index (χ4n) is 4.07. The van der Waals surface area contributed by atoms with Crippen LogP contribution in [0.1, 0.15) is 52.9 Å². The predicted molar refractivity (Wildman–Crippen MR) is 73.6 cm³/mol.